The molecule has 3 aromatic rings. The van der Waals surface area contributed by atoms with Crippen LogP contribution in [0.1, 0.15) is 20.3 Å². The Labute approximate surface area is 169 Å². The third-order valence-electron chi connectivity index (χ3n) is 5.84. The molecule has 7 nitrogen and oxygen atoms in total. The molecule has 2 N–H and O–H groups in total. The highest BCUT2D eigenvalue weighted by Crippen LogP contribution is 2.38. The topological polar surface area (TPSA) is 81.2 Å². The lowest BCUT2D eigenvalue weighted by atomic mass is 9.89. The smallest absolute Gasteiger partial charge is 0.208 e. The van der Waals surface area contributed by atoms with E-state index in [1.165, 1.54) is 11.3 Å². The normalized spacial score (nSPS) is 23.1. The van der Waals surface area contributed by atoms with Crippen molar-refractivity contribution in [2.75, 3.05) is 25.5 Å². The number of aromatic nitrogens is 4. The summed E-state index contributed by atoms with van der Waals surface area (Å²) in [4.78, 5) is 4.67. The Morgan fingerprint density at radius 3 is 2.79 bits per heavy atom. The number of likely N-dealkylation sites (tertiary alicyclic amines) is 1. The molecular weight excluding hydrogens is 372 g/mol. The van der Waals surface area contributed by atoms with E-state index in [4.69, 9.17) is 0 Å². The SMILES string of the molecule is CC1CN(C)[C@H](C)C[C@H]1N(C)c1nnc(-c2ccc(-c3cn[nH]c3)cc2O)s1. The van der Waals surface area contributed by atoms with Gasteiger partial charge in [-0.15, -0.1) is 10.2 Å². The van der Waals surface area contributed by atoms with Gasteiger partial charge in [-0.1, -0.05) is 24.3 Å². The molecule has 8 heteroatoms. The lowest BCUT2D eigenvalue weighted by Crippen LogP contribution is -2.51. The second-order valence-corrected chi connectivity index (χ2v) is 8.74. The van der Waals surface area contributed by atoms with Crippen LogP contribution >= 0.6 is 11.3 Å². The molecule has 3 heterocycles. The molecule has 148 valence electrons. The van der Waals surface area contributed by atoms with Crippen molar-refractivity contribution in [1.29, 1.82) is 0 Å². The molecule has 1 saturated heterocycles. The van der Waals surface area contributed by atoms with E-state index in [2.05, 4.69) is 58.1 Å². The molecule has 2 aromatic heterocycles. The molecule has 0 saturated carbocycles. The number of benzene rings is 1. The zero-order chi connectivity index (χ0) is 19.8. The summed E-state index contributed by atoms with van der Waals surface area (Å²) in [5.74, 6) is 0.756. The fourth-order valence-electron chi connectivity index (χ4n) is 3.97. The minimum absolute atomic E-state index is 0.199. The van der Waals surface area contributed by atoms with Crippen molar-refractivity contribution in [3.63, 3.8) is 0 Å². The van der Waals surface area contributed by atoms with Crippen molar-refractivity contribution >= 4 is 16.5 Å². The molecule has 28 heavy (non-hydrogen) atoms. The summed E-state index contributed by atoms with van der Waals surface area (Å²) in [6.07, 6.45) is 4.64. The molecule has 1 fully saturated rings. The van der Waals surface area contributed by atoms with Gasteiger partial charge in [0, 0.05) is 37.4 Å². The Morgan fingerprint density at radius 2 is 2.07 bits per heavy atom. The molecule has 1 aliphatic rings. The number of hydrogen-bond donors (Lipinski definition) is 2. The van der Waals surface area contributed by atoms with Crippen molar-refractivity contribution in [3.05, 3.63) is 30.6 Å². The molecule has 0 bridgehead atoms. The number of anilines is 1. The summed E-state index contributed by atoms with van der Waals surface area (Å²) in [5, 5.41) is 27.7. The summed E-state index contributed by atoms with van der Waals surface area (Å²) >= 11 is 1.52. The summed E-state index contributed by atoms with van der Waals surface area (Å²) in [7, 11) is 4.29. The number of H-pyrrole nitrogens is 1. The van der Waals surface area contributed by atoms with Gasteiger partial charge in [-0.2, -0.15) is 5.10 Å². The highest BCUT2D eigenvalue weighted by atomic mass is 32.1. The molecular formula is C20H26N6OS. The first-order valence-corrected chi connectivity index (χ1v) is 10.3. The van der Waals surface area contributed by atoms with E-state index in [0.717, 1.165) is 34.2 Å². The van der Waals surface area contributed by atoms with Gasteiger partial charge >= 0.3 is 0 Å². The molecule has 4 rings (SSSR count). The second kappa shape index (κ2) is 7.52. The number of piperidine rings is 1. The van der Waals surface area contributed by atoms with Crippen LogP contribution in [0.5, 0.6) is 5.75 Å². The van der Waals surface area contributed by atoms with Gasteiger partial charge in [0.2, 0.25) is 5.13 Å². The molecule has 1 aromatic carbocycles. The van der Waals surface area contributed by atoms with E-state index in [1.807, 2.05) is 12.1 Å². The van der Waals surface area contributed by atoms with Gasteiger partial charge in [-0.05, 0) is 44.0 Å². The number of nitrogens with zero attached hydrogens (tertiary/aromatic N) is 5. The van der Waals surface area contributed by atoms with Crippen molar-refractivity contribution in [3.8, 4) is 27.4 Å². The Bertz CT molecular complexity index is 940. The van der Waals surface area contributed by atoms with E-state index in [0.29, 0.717) is 23.6 Å². The number of phenolic OH excluding ortho intramolecular Hbond substituents is 1. The lowest BCUT2D eigenvalue weighted by Gasteiger charge is -2.43. The van der Waals surface area contributed by atoms with Crippen LogP contribution in [0.15, 0.2) is 30.6 Å². The van der Waals surface area contributed by atoms with Crippen LogP contribution in [0, 0.1) is 5.92 Å². The summed E-state index contributed by atoms with van der Waals surface area (Å²) < 4.78 is 0. The Kier molecular flexibility index (Phi) is 5.07. The Hall–Kier alpha value is -2.45. The summed E-state index contributed by atoms with van der Waals surface area (Å²) in [5.41, 5.74) is 2.55. The number of aromatic hydroxyl groups is 1. The molecule has 0 aliphatic carbocycles. The fraction of sp³-hybridized carbons (Fsp3) is 0.450. The predicted octanol–water partition coefficient (Wildman–Crippen LogP) is 3.47. The van der Waals surface area contributed by atoms with Crippen molar-refractivity contribution < 1.29 is 5.11 Å². The molecule has 3 atom stereocenters. The molecule has 0 radical (unpaired) electrons. The van der Waals surface area contributed by atoms with E-state index in [1.54, 1.807) is 18.5 Å². The number of phenols is 1. The first-order valence-electron chi connectivity index (χ1n) is 9.53. The van der Waals surface area contributed by atoms with Gasteiger partial charge in [0.15, 0.2) is 5.01 Å². The van der Waals surface area contributed by atoms with Crippen molar-refractivity contribution in [2.24, 2.45) is 5.92 Å². The van der Waals surface area contributed by atoms with Gasteiger partial charge in [0.25, 0.3) is 0 Å². The average Bonchev–Trinajstić information content (AvgIpc) is 3.36. The van der Waals surface area contributed by atoms with E-state index >= 15 is 0 Å². The molecule has 0 spiro atoms. The van der Waals surface area contributed by atoms with Crippen LogP contribution in [-0.2, 0) is 0 Å². The number of nitrogens with one attached hydrogen (secondary N) is 1. The monoisotopic (exact) mass is 398 g/mol. The zero-order valence-corrected chi connectivity index (χ0v) is 17.4. The molecule has 1 aliphatic heterocycles. The highest BCUT2D eigenvalue weighted by molar-refractivity contribution is 7.18. The van der Waals surface area contributed by atoms with E-state index < -0.39 is 0 Å². The maximum absolute atomic E-state index is 10.5. The van der Waals surface area contributed by atoms with Crippen molar-refractivity contribution in [2.45, 2.75) is 32.4 Å². The maximum atomic E-state index is 10.5. The van der Waals surface area contributed by atoms with Crippen molar-refractivity contribution in [1.82, 2.24) is 25.3 Å². The van der Waals surface area contributed by atoms with Gasteiger partial charge in [0.05, 0.1) is 11.8 Å². The van der Waals surface area contributed by atoms with E-state index in [9.17, 15) is 5.11 Å². The first-order chi connectivity index (χ1) is 13.4. The average molecular weight is 399 g/mol. The highest BCUT2D eigenvalue weighted by Gasteiger charge is 2.33. The van der Waals surface area contributed by atoms with Gasteiger partial charge in [0.1, 0.15) is 5.75 Å². The van der Waals surface area contributed by atoms with Crippen LogP contribution in [-0.4, -0.2) is 63.1 Å². The summed E-state index contributed by atoms with van der Waals surface area (Å²) in [6, 6.07) is 6.58. The quantitative estimate of drug-likeness (QED) is 0.700. The van der Waals surface area contributed by atoms with Crippen LogP contribution in [0.2, 0.25) is 0 Å². The lowest BCUT2D eigenvalue weighted by molar-refractivity contribution is 0.136. The number of hydrogen-bond acceptors (Lipinski definition) is 7. The summed E-state index contributed by atoms with van der Waals surface area (Å²) in [6.45, 7) is 5.65. The Balaban J connectivity index is 1.56. The van der Waals surface area contributed by atoms with Gasteiger partial charge in [-0.3, -0.25) is 5.10 Å². The van der Waals surface area contributed by atoms with Crippen LogP contribution in [0.4, 0.5) is 5.13 Å². The van der Waals surface area contributed by atoms with Crippen LogP contribution in [0.25, 0.3) is 21.7 Å². The number of rotatable bonds is 4. The largest absolute Gasteiger partial charge is 0.507 e. The maximum Gasteiger partial charge on any atom is 0.208 e. The molecule has 1 unspecified atom stereocenters. The van der Waals surface area contributed by atoms with Crippen LogP contribution in [0.3, 0.4) is 0 Å². The van der Waals surface area contributed by atoms with Crippen LogP contribution < -0.4 is 4.90 Å². The van der Waals surface area contributed by atoms with Gasteiger partial charge in [-0.25, -0.2) is 0 Å². The second-order valence-electron chi connectivity index (χ2n) is 7.79. The first kappa shape index (κ1) is 18.9. The third kappa shape index (κ3) is 3.49. The molecule has 0 amide bonds. The van der Waals surface area contributed by atoms with E-state index in [-0.39, 0.29) is 5.75 Å². The third-order valence-corrected chi connectivity index (χ3v) is 6.89. The predicted molar refractivity (Wildman–Crippen MR) is 113 cm³/mol. The standard InChI is InChI=1S/C20H26N6OS/c1-12-11-25(3)13(2)7-17(12)26(4)20-24-23-19(28-20)16-6-5-14(8-18(16)27)15-9-21-22-10-15/h5-6,8-10,12-13,17,27H,7,11H2,1-4H3,(H,21,22)/t12?,13-,17-/m1/s1. The van der Waals surface area contributed by atoms with Gasteiger partial charge < -0.3 is 14.9 Å². The minimum Gasteiger partial charge on any atom is -0.507 e. The zero-order valence-electron chi connectivity index (χ0n) is 16.6. The minimum atomic E-state index is 0.199. The fourth-order valence-corrected chi connectivity index (χ4v) is 4.87. The number of aromatic amines is 1. The Morgan fingerprint density at radius 1 is 1.25 bits per heavy atom.